The maximum atomic E-state index is 6.09. The van der Waals surface area contributed by atoms with Gasteiger partial charge in [-0.2, -0.15) is 0 Å². The lowest BCUT2D eigenvalue weighted by Gasteiger charge is -2.09. The van der Waals surface area contributed by atoms with E-state index in [0.717, 1.165) is 11.4 Å². The van der Waals surface area contributed by atoms with Crippen LogP contribution in [0.15, 0.2) is 36.4 Å². The number of halogens is 3. The second-order valence-corrected chi connectivity index (χ2v) is 5.56. The molecule has 0 aromatic heterocycles. The van der Waals surface area contributed by atoms with Crippen LogP contribution in [-0.4, -0.2) is 4.99 Å². The van der Waals surface area contributed by atoms with E-state index in [9.17, 15) is 0 Å². The van der Waals surface area contributed by atoms with Crippen LogP contribution in [0.4, 0.5) is 11.4 Å². The van der Waals surface area contributed by atoms with E-state index < -0.39 is 0 Å². The summed E-state index contributed by atoms with van der Waals surface area (Å²) in [5.41, 5.74) is 7.76. The number of nitrogens with one attached hydrogen (secondary N) is 1. The van der Waals surface area contributed by atoms with E-state index in [2.05, 4.69) is 5.32 Å². The molecule has 0 radical (unpaired) electrons. The van der Waals surface area contributed by atoms with Crippen molar-refractivity contribution in [2.24, 2.45) is 5.73 Å². The lowest BCUT2D eigenvalue weighted by molar-refractivity contribution is 1.53. The monoisotopic (exact) mass is 330 g/mol. The van der Waals surface area contributed by atoms with Gasteiger partial charge in [0.15, 0.2) is 0 Å². The van der Waals surface area contributed by atoms with Crippen molar-refractivity contribution in [3.8, 4) is 0 Å². The number of thiocarbonyl (C=S) groups is 1. The fraction of sp³-hybridized carbons (Fsp3) is 0. The highest BCUT2D eigenvalue weighted by Gasteiger charge is 2.05. The summed E-state index contributed by atoms with van der Waals surface area (Å²) in [4.78, 5) is 0.266. The molecule has 0 fully saturated rings. The van der Waals surface area contributed by atoms with E-state index >= 15 is 0 Å². The van der Waals surface area contributed by atoms with Crippen LogP contribution in [0.1, 0.15) is 5.56 Å². The molecule has 2 aromatic carbocycles. The highest BCUT2D eigenvalue weighted by molar-refractivity contribution is 7.80. The minimum absolute atomic E-state index is 0.266. The lowest BCUT2D eigenvalue weighted by Crippen LogP contribution is -2.09. The standard InChI is InChI=1S/C13H9Cl3N2S/c14-7-3-8(15)5-10(4-7)18-9-1-2-11(13(17)19)12(16)6-9/h1-6,18H,(H2,17,19). The van der Waals surface area contributed by atoms with Crippen LogP contribution in [-0.2, 0) is 0 Å². The number of benzene rings is 2. The van der Waals surface area contributed by atoms with Crippen LogP contribution >= 0.6 is 47.0 Å². The van der Waals surface area contributed by atoms with Crippen LogP contribution in [0.2, 0.25) is 15.1 Å². The summed E-state index contributed by atoms with van der Waals surface area (Å²) in [6, 6.07) is 10.5. The molecule has 0 aliphatic carbocycles. The Bertz CT molecular complexity index is 624. The summed E-state index contributed by atoms with van der Waals surface area (Å²) >= 11 is 22.8. The van der Waals surface area contributed by atoms with Crippen molar-refractivity contribution in [2.75, 3.05) is 5.32 Å². The molecule has 0 aliphatic rings. The second-order valence-electron chi connectivity index (χ2n) is 3.84. The van der Waals surface area contributed by atoms with Gasteiger partial charge in [-0.1, -0.05) is 47.0 Å². The molecule has 2 nitrogen and oxygen atoms in total. The van der Waals surface area contributed by atoms with Crippen molar-refractivity contribution < 1.29 is 0 Å². The Labute approximate surface area is 131 Å². The van der Waals surface area contributed by atoms with Gasteiger partial charge >= 0.3 is 0 Å². The van der Waals surface area contributed by atoms with Gasteiger partial charge in [0.1, 0.15) is 4.99 Å². The van der Waals surface area contributed by atoms with Gasteiger partial charge < -0.3 is 11.1 Å². The summed E-state index contributed by atoms with van der Waals surface area (Å²) in [6.07, 6.45) is 0. The fourth-order valence-corrected chi connectivity index (χ4v) is 2.63. The number of hydrogen-bond acceptors (Lipinski definition) is 2. The molecule has 0 bridgehead atoms. The van der Waals surface area contributed by atoms with E-state index in [1.54, 1.807) is 30.3 Å². The molecule has 2 rings (SSSR count). The predicted octanol–water partition coefficient (Wildman–Crippen LogP) is 5.02. The molecule has 98 valence electrons. The van der Waals surface area contributed by atoms with Crippen molar-refractivity contribution in [3.05, 3.63) is 57.0 Å². The number of anilines is 2. The lowest BCUT2D eigenvalue weighted by atomic mass is 10.2. The Morgan fingerprint density at radius 3 is 2.11 bits per heavy atom. The summed E-state index contributed by atoms with van der Waals surface area (Å²) in [5.74, 6) is 0. The van der Waals surface area contributed by atoms with E-state index in [1.807, 2.05) is 6.07 Å². The highest BCUT2D eigenvalue weighted by atomic mass is 35.5. The first-order chi connectivity index (χ1) is 8.95. The van der Waals surface area contributed by atoms with E-state index in [-0.39, 0.29) is 4.99 Å². The van der Waals surface area contributed by atoms with E-state index in [4.69, 9.17) is 52.8 Å². The number of nitrogens with two attached hydrogens (primary N) is 1. The first-order valence-electron chi connectivity index (χ1n) is 5.28. The predicted molar refractivity (Wildman–Crippen MR) is 87.1 cm³/mol. The third-order valence-electron chi connectivity index (χ3n) is 2.39. The molecule has 0 spiro atoms. The van der Waals surface area contributed by atoms with Gasteiger partial charge in [-0.3, -0.25) is 0 Å². The number of rotatable bonds is 3. The smallest absolute Gasteiger partial charge is 0.105 e. The molecule has 0 aliphatic heterocycles. The molecule has 2 aromatic rings. The third kappa shape index (κ3) is 3.74. The molecule has 0 amide bonds. The Kier molecular flexibility index (Phi) is 4.53. The van der Waals surface area contributed by atoms with Crippen LogP contribution in [0.5, 0.6) is 0 Å². The molecule has 0 saturated heterocycles. The van der Waals surface area contributed by atoms with E-state index in [1.165, 1.54) is 0 Å². The summed E-state index contributed by atoms with van der Waals surface area (Å²) < 4.78 is 0. The molecule has 0 heterocycles. The van der Waals surface area contributed by atoms with Gasteiger partial charge in [-0.15, -0.1) is 0 Å². The summed E-state index contributed by atoms with van der Waals surface area (Å²) in [7, 11) is 0. The first-order valence-corrected chi connectivity index (χ1v) is 6.82. The van der Waals surface area contributed by atoms with Crippen LogP contribution in [0.25, 0.3) is 0 Å². The number of hydrogen-bond donors (Lipinski definition) is 2. The topological polar surface area (TPSA) is 38.0 Å². The highest BCUT2D eigenvalue weighted by Crippen LogP contribution is 2.27. The third-order valence-corrected chi connectivity index (χ3v) is 3.35. The molecule has 0 unspecified atom stereocenters. The minimum atomic E-state index is 0.266. The average Bonchev–Trinajstić information content (AvgIpc) is 2.26. The van der Waals surface area contributed by atoms with Gasteiger partial charge in [0.05, 0.1) is 5.02 Å². The second kappa shape index (κ2) is 5.97. The molecule has 6 heteroatoms. The van der Waals surface area contributed by atoms with Gasteiger partial charge in [0.2, 0.25) is 0 Å². The SMILES string of the molecule is NC(=S)c1ccc(Nc2cc(Cl)cc(Cl)c2)cc1Cl. The van der Waals surface area contributed by atoms with Gasteiger partial charge in [0.25, 0.3) is 0 Å². The van der Waals surface area contributed by atoms with Crippen LogP contribution in [0.3, 0.4) is 0 Å². The first kappa shape index (κ1) is 14.4. The quantitative estimate of drug-likeness (QED) is 0.775. The molecule has 0 atom stereocenters. The zero-order valence-electron chi connectivity index (χ0n) is 9.58. The average molecular weight is 332 g/mol. The summed E-state index contributed by atoms with van der Waals surface area (Å²) in [5, 5.41) is 4.76. The Hall–Kier alpha value is -1.000. The van der Waals surface area contributed by atoms with Crippen molar-refractivity contribution in [3.63, 3.8) is 0 Å². The van der Waals surface area contributed by atoms with Gasteiger partial charge in [-0.05, 0) is 36.4 Å². The summed E-state index contributed by atoms with van der Waals surface area (Å²) in [6.45, 7) is 0. The van der Waals surface area contributed by atoms with Gasteiger partial charge in [-0.25, -0.2) is 0 Å². The Balaban J connectivity index is 2.28. The zero-order valence-corrected chi connectivity index (χ0v) is 12.7. The molecule has 19 heavy (non-hydrogen) atoms. The van der Waals surface area contributed by atoms with Crippen molar-refractivity contribution in [1.29, 1.82) is 0 Å². The zero-order chi connectivity index (χ0) is 14.0. The maximum absolute atomic E-state index is 6.09. The molecule has 0 saturated carbocycles. The molecular weight excluding hydrogens is 323 g/mol. The Morgan fingerprint density at radius 1 is 0.947 bits per heavy atom. The van der Waals surface area contributed by atoms with Crippen molar-refractivity contribution in [2.45, 2.75) is 0 Å². The normalized spacial score (nSPS) is 10.3. The minimum Gasteiger partial charge on any atom is -0.389 e. The van der Waals surface area contributed by atoms with Crippen LogP contribution in [0, 0.1) is 0 Å². The largest absolute Gasteiger partial charge is 0.389 e. The van der Waals surface area contributed by atoms with Crippen molar-refractivity contribution in [1.82, 2.24) is 0 Å². The van der Waals surface area contributed by atoms with Crippen molar-refractivity contribution >= 4 is 63.4 Å². The molecular formula is C13H9Cl3N2S. The van der Waals surface area contributed by atoms with E-state index in [0.29, 0.717) is 20.6 Å². The molecule has 3 N–H and O–H groups in total. The fourth-order valence-electron chi connectivity index (χ4n) is 1.59. The maximum Gasteiger partial charge on any atom is 0.105 e. The Morgan fingerprint density at radius 2 is 1.58 bits per heavy atom. The van der Waals surface area contributed by atoms with Crippen LogP contribution < -0.4 is 11.1 Å². The van der Waals surface area contributed by atoms with Gasteiger partial charge in [0, 0.05) is 27.0 Å².